The first kappa shape index (κ1) is 25.1. The lowest BCUT2D eigenvalue weighted by molar-refractivity contribution is -0.121. The van der Waals surface area contributed by atoms with Crippen molar-refractivity contribution in [2.75, 3.05) is 26.2 Å². The first-order valence-corrected chi connectivity index (χ1v) is 9.93. The summed E-state index contributed by atoms with van der Waals surface area (Å²) in [4.78, 5) is 36.9. The fourth-order valence-corrected chi connectivity index (χ4v) is 2.61. The first-order valence-electron chi connectivity index (χ1n) is 9.93. The smallest absolute Gasteiger partial charge is 0.410 e. The molecule has 0 aromatic rings. The van der Waals surface area contributed by atoms with E-state index in [-0.39, 0.29) is 37.8 Å². The van der Waals surface area contributed by atoms with Crippen LogP contribution in [0, 0.1) is 0 Å². The van der Waals surface area contributed by atoms with E-state index < -0.39 is 23.2 Å². The molecule has 0 radical (unpaired) electrons. The zero-order chi connectivity index (χ0) is 22.5. The van der Waals surface area contributed by atoms with Gasteiger partial charge in [0.05, 0.1) is 0 Å². The molecule has 29 heavy (non-hydrogen) atoms. The summed E-state index contributed by atoms with van der Waals surface area (Å²) >= 11 is 0. The fraction of sp³-hybridized carbons (Fsp3) is 0.850. The van der Waals surface area contributed by atoms with Gasteiger partial charge in [0.15, 0.2) is 0 Å². The highest BCUT2D eigenvalue weighted by Crippen LogP contribution is 2.28. The minimum atomic E-state index is -2.63. The second-order valence-electron chi connectivity index (χ2n) is 9.33. The third-order valence-electron chi connectivity index (χ3n) is 4.12. The zero-order valence-electron chi connectivity index (χ0n) is 18.3. The minimum absolute atomic E-state index is 0.0713. The Morgan fingerprint density at radius 2 is 1.14 bits per heavy atom. The Bertz CT molecular complexity index is 577. The third kappa shape index (κ3) is 10.4. The summed E-state index contributed by atoms with van der Waals surface area (Å²) in [6, 6.07) is 0. The van der Waals surface area contributed by atoms with E-state index in [1.165, 1.54) is 4.90 Å². The molecule has 2 saturated heterocycles. The summed E-state index contributed by atoms with van der Waals surface area (Å²) < 4.78 is 35.9. The normalized spacial score (nSPS) is 19.8. The van der Waals surface area contributed by atoms with Crippen molar-refractivity contribution < 1.29 is 32.6 Å². The molecule has 0 aliphatic carbocycles. The number of piperidine rings is 2. The molecule has 0 bridgehead atoms. The number of amides is 2. The predicted molar refractivity (Wildman–Crippen MR) is 104 cm³/mol. The summed E-state index contributed by atoms with van der Waals surface area (Å²) in [5, 5.41) is 0. The van der Waals surface area contributed by atoms with Crippen LogP contribution in [0.5, 0.6) is 0 Å². The average molecular weight is 420 g/mol. The second-order valence-corrected chi connectivity index (χ2v) is 9.33. The zero-order valence-corrected chi connectivity index (χ0v) is 18.3. The van der Waals surface area contributed by atoms with Crippen molar-refractivity contribution >= 4 is 18.0 Å². The number of halogens is 2. The highest BCUT2D eigenvalue weighted by atomic mass is 19.3. The minimum Gasteiger partial charge on any atom is -0.444 e. The molecule has 168 valence electrons. The van der Waals surface area contributed by atoms with E-state index in [4.69, 9.17) is 9.47 Å². The van der Waals surface area contributed by atoms with Crippen LogP contribution >= 0.6 is 0 Å². The number of hydrogen-bond donors (Lipinski definition) is 0. The van der Waals surface area contributed by atoms with Gasteiger partial charge in [-0.15, -0.1) is 0 Å². The Balaban J connectivity index is 0.000000291. The first-order chi connectivity index (χ1) is 13.1. The number of rotatable bonds is 0. The lowest BCUT2D eigenvalue weighted by Crippen LogP contribution is -2.44. The van der Waals surface area contributed by atoms with Crippen LogP contribution in [-0.4, -0.2) is 71.1 Å². The van der Waals surface area contributed by atoms with E-state index >= 15 is 0 Å². The quantitative estimate of drug-likeness (QED) is 0.586. The Morgan fingerprint density at radius 3 is 1.48 bits per heavy atom. The SMILES string of the molecule is CC(C)(C)OC(=O)N1CCC(=O)CC1.CC(C)(C)OC(=O)N1CCC(F)(F)CC1. The molecule has 2 heterocycles. The Morgan fingerprint density at radius 1 is 0.793 bits per heavy atom. The van der Waals surface area contributed by atoms with Crippen molar-refractivity contribution in [1.29, 1.82) is 0 Å². The maximum absolute atomic E-state index is 12.8. The molecule has 7 nitrogen and oxygen atoms in total. The maximum Gasteiger partial charge on any atom is 0.410 e. The second kappa shape index (κ2) is 9.71. The van der Waals surface area contributed by atoms with Crippen molar-refractivity contribution in [3.8, 4) is 0 Å². The summed E-state index contributed by atoms with van der Waals surface area (Å²) in [6.07, 6.45) is -0.445. The van der Waals surface area contributed by atoms with Crippen LogP contribution in [-0.2, 0) is 14.3 Å². The van der Waals surface area contributed by atoms with Gasteiger partial charge in [-0.3, -0.25) is 4.79 Å². The lowest BCUT2D eigenvalue weighted by atomic mass is 10.1. The summed E-state index contributed by atoms with van der Waals surface area (Å²) in [5.41, 5.74) is -1.03. The molecule has 0 N–H and O–H groups in total. The van der Waals surface area contributed by atoms with Crippen LogP contribution < -0.4 is 0 Å². The topological polar surface area (TPSA) is 76.1 Å². The number of alkyl halides is 2. The molecular formula is C20H34F2N2O5. The Kier molecular flexibility index (Phi) is 8.41. The number of hydrogen-bond acceptors (Lipinski definition) is 5. The van der Waals surface area contributed by atoms with E-state index in [1.54, 1.807) is 25.7 Å². The summed E-state index contributed by atoms with van der Waals surface area (Å²) in [5.74, 6) is -2.40. The number of nitrogens with zero attached hydrogens (tertiary/aromatic N) is 2. The van der Waals surface area contributed by atoms with E-state index in [0.717, 1.165) is 0 Å². The van der Waals surface area contributed by atoms with Crippen LogP contribution in [0.2, 0.25) is 0 Å². The van der Waals surface area contributed by atoms with Gasteiger partial charge >= 0.3 is 12.2 Å². The van der Waals surface area contributed by atoms with E-state index in [0.29, 0.717) is 25.9 Å². The molecule has 2 aliphatic rings. The van der Waals surface area contributed by atoms with Crippen molar-refractivity contribution in [3.63, 3.8) is 0 Å². The monoisotopic (exact) mass is 420 g/mol. The van der Waals surface area contributed by atoms with Gasteiger partial charge in [0, 0.05) is 51.9 Å². The van der Waals surface area contributed by atoms with Gasteiger partial charge in [0.1, 0.15) is 17.0 Å². The highest BCUT2D eigenvalue weighted by molar-refractivity contribution is 5.81. The number of likely N-dealkylation sites (tertiary alicyclic amines) is 2. The lowest BCUT2D eigenvalue weighted by Gasteiger charge is -2.33. The summed E-state index contributed by atoms with van der Waals surface area (Å²) in [7, 11) is 0. The van der Waals surface area contributed by atoms with E-state index in [1.807, 2.05) is 20.8 Å². The molecule has 0 aromatic heterocycles. The largest absolute Gasteiger partial charge is 0.444 e. The van der Waals surface area contributed by atoms with Crippen molar-refractivity contribution in [1.82, 2.24) is 9.80 Å². The van der Waals surface area contributed by atoms with Crippen LogP contribution in [0.4, 0.5) is 18.4 Å². The van der Waals surface area contributed by atoms with Gasteiger partial charge in [-0.25, -0.2) is 18.4 Å². The number of carbonyl (C=O) groups is 3. The van der Waals surface area contributed by atoms with Crippen molar-refractivity contribution in [3.05, 3.63) is 0 Å². The standard InChI is InChI=1S/C10H17F2NO2.C10H17NO3/c1-9(2,3)15-8(14)13-6-4-10(11,12)5-7-13;1-10(2,3)14-9(13)11-6-4-8(12)5-7-11/h4-7H2,1-3H3;4-7H2,1-3H3. The maximum atomic E-state index is 12.8. The van der Waals surface area contributed by atoms with Gasteiger partial charge in [0.25, 0.3) is 5.92 Å². The van der Waals surface area contributed by atoms with Crippen molar-refractivity contribution in [2.24, 2.45) is 0 Å². The molecule has 2 aliphatic heterocycles. The van der Waals surface area contributed by atoms with E-state index in [9.17, 15) is 23.2 Å². The molecule has 0 unspecified atom stereocenters. The molecule has 2 amide bonds. The van der Waals surface area contributed by atoms with Gasteiger partial charge in [-0.1, -0.05) is 0 Å². The van der Waals surface area contributed by atoms with Gasteiger partial charge in [-0.2, -0.15) is 0 Å². The molecule has 0 aromatic carbocycles. The summed E-state index contributed by atoms with van der Waals surface area (Å²) in [6.45, 7) is 11.9. The van der Waals surface area contributed by atoms with Crippen molar-refractivity contribution in [2.45, 2.75) is 84.4 Å². The van der Waals surface area contributed by atoms with Crippen LogP contribution in [0.1, 0.15) is 67.2 Å². The highest BCUT2D eigenvalue weighted by Gasteiger charge is 2.36. The molecule has 0 saturated carbocycles. The molecule has 9 heteroatoms. The number of Topliss-reactive ketones (excluding diaryl/α,β-unsaturated/α-hetero) is 1. The third-order valence-corrected chi connectivity index (χ3v) is 4.12. The van der Waals surface area contributed by atoms with Crippen LogP contribution in [0.15, 0.2) is 0 Å². The Hall–Kier alpha value is -1.93. The average Bonchev–Trinajstić information content (AvgIpc) is 2.52. The van der Waals surface area contributed by atoms with Crippen LogP contribution in [0.25, 0.3) is 0 Å². The number of carbonyl (C=O) groups excluding carboxylic acids is 3. The molecule has 0 atom stereocenters. The van der Waals surface area contributed by atoms with Gasteiger partial charge in [-0.05, 0) is 41.5 Å². The fourth-order valence-electron chi connectivity index (χ4n) is 2.61. The predicted octanol–water partition coefficient (Wildman–Crippen LogP) is 4.24. The molecule has 0 spiro atoms. The van der Waals surface area contributed by atoms with Crippen LogP contribution in [0.3, 0.4) is 0 Å². The number of ether oxygens (including phenoxy) is 2. The van der Waals surface area contributed by atoms with Gasteiger partial charge < -0.3 is 19.3 Å². The van der Waals surface area contributed by atoms with Gasteiger partial charge in [0.2, 0.25) is 0 Å². The molecular weight excluding hydrogens is 386 g/mol. The molecule has 2 fully saturated rings. The molecule has 2 rings (SSSR count). The van der Waals surface area contributed by atoms with E-state index in [2.05, 4.69) is 0 Å². The Labute approximate surface area is 171 Å². The number of ketones is 1.